The quantitative estimate of drug-likeness (QED) is 0.706. The predicted molar refractivity (Wildman–Crippen MR) is 81.6 cm³/mol. The van der Waals surface area contributed by atoms with E-state index in [1.54, 1.807) is 0 Å². The van der Waals surface area contributed by atoms with E-state index in [2.05, 4.69) is 34.1 Å². The lowest BCUT2D eigenvalue weighted by molar-refractivity contribution is 0.0213. The summed E-state index contributed by atoms with van der Waals surface area (Å²) in [5.74, 6) is 0.548. The van der Waals surface area contributed by atoms with Crippen LogP contribution in [-0.4, -0.2) is 23.1 Å². The minimum atomic E-state index is -0.437. The zero-order valence-electron chi connectivity index (χ0n) is 12.1. The molecule has 1 aromatic carbocycles. The molecule has 1 aliphatic carbocycles. The van der Waals surface area contributed by atoms with Crippen molar-refractivity contribution in [3.05, 3.63) is 33.8 Å². The second kappa shape index (κ2) is 4.76. The van der Waals surface area contributed by atoms with Crippen LogP contribution in [0.3, 0.4) is 0 Å². The SMILES string of the molecule is CC(C)(C)OC(=O)N1CCC2Cc3ccc(Br)cc3C21. The standard InChI is InChI=1S/C16H20BrNO2/c1-16(2,3)20-15(19)18-7-6-11-8-10-4-5-12(17)9-13(10)14(11)18/h4-5,9,11,14H,6-8H2,1-3H3. The molecule has 20 heavy (non-hydrogen) atoms. The number of amides is 1. The predicted octanol–water partition coefficient (Wildman–Crippen LogP) is 4.30. The van der Waals surface area contributed by atoms with Crippen molar-refractivity contribution in [3.63, 3.8) is 0 Å². The molecular weight excluding hydrogens is 318 g/mol. The van der Waals surface area contributed by atoms with E-state index < -0.39 is 5.60 Å². The highest BCUT2D eigenvalue weighted by atomic mass is 79.9. The summed E-state index contributed by atoms with van der Waals surface area (Å²) in [4.78, 5) is 14.3. The van der Waals surface area contributed by atoms with Gasteiger partial charge >= 0.3 is 6.09 Å². The highest BCUT2D eigenvalue weighted by Gasteiger charge is 2.44. The third kappa shape index (κ3) is 2.46. The lowest BCUT2D eigenvalue weighted by Crippen LogP contribution is -2.36. The number of likely N-dealkylation sites (tertiary alicyclic amines) is 1. The van der Waals surface area contributed by atoms with Crippen LogP contribution in [0.5, 0.6) is 0 Å². The van der Waals surface area contributed by atoms with Gasteiger partial charge in [0.2, 0.25) is 0 Å². The van der Waals surface area contributed by atoms with E-state index in [0.717, 1.165) is 23.9 Å². The van der Waals surface area contributed by atoms with Gasteiger partial charge in [-0.1, -0.05) is 22.0 Å². The Bertz CT molecular complexity index is 550. The van der Waals surface area contributed by atoms with E-state index >= 15 is 0 Å². The third-order valence-electron chi connectivity index (χ3n) is 4.06. The Morgan fingerprint density at radius 3 is 2.85 bits per heavy atom. The zero-order valence-corrected chi connectivity index (χ0v) is 13.7. The topological polar surface area (TPSA) is 29.5 Å². The molecule has 2 atom stereocenters. The number of hydrogen-bond donors (Lipinski definition) is 0. The van der Waals surface area contributed by atoms with Crippen LogP contribution in [0.2, 0.25) is 0 Å². The van der Waals surface area contributed by atoms with E-state index in [0.29, 0.717) is 5.92 Å². The molecule has 4 heteroatoms. The minimum Gasteiger partial charge on any atom is -0.444 e. The Kier molecular flexibility index (Phi) is 3.32. The second-order valence-corrected chi connectivity index (χ2v) is 7.63. The number of carbonyl (C=O) groups is 1. The Balaban J connectivity index is 1.87. The monoisotopic (exact) mass is 337 g/mol. The molecule has 0 spiro atoms. The third-order valence-corrected chi connectivity index (χ3v) is 4.55. The molecule has 3 nitrogen and oxygen atoms in total. The fourth-order valence-corrected chi connectivity index (χ4v) is 3.71. The highest BCUT2D eigenvalue weighted by Crippen LogP contribution is 2.47. The van der Waals surface area contributed by atoms with Crippen molar-refractivity contribution in [1.29, 1.82) is 0 Å². The van der Waals surface area contributed by atoms with Gasteiger partial charge in [-0.15, -0.1) is 0 Å². The summed E-state index contributed by atoms with van der Waals surface area (Å²) >= 11 is 3.53. The molecule has 1 heterocycles. The number of ether oxygens (including phenoxy) is 1. The average Bonchev–Trinajstić information content (AvgIpc) is 2.85. The highest BCUT2D eigenvalue weighted by molar-refractivity contribution is 9.10. The average molecular weight is 338 g/mol. The van der Waals surface area contributed by atoms with E-state index in [1.165, 1.54) is 11.1 Å². The van der Waals surface area contributed by atoms with Crippen LogP contribution in [0.1, 0.15) is 44.4 Å². The van der Waals surface area contributed by atoms with Crippen molar-refractivity contribution in [1.82, 2.24) is 4.90 Å². The van der Waals surface area contributed by atoms with Crippen LogP contribution >= 0.6 is 15.9 Å². The van der Waals surface area contributed by atoms with E-state index in [4.69, 9.17) is 4.74 Å². The van der Waals surface area contributed by atoms with Crippen LogP contribution in [0.15, 0.2) is 22.7 Å². The molecule has 108 valence electrons. The first-order valence-corrected chi connectivity index (χ1v) is 7.92. The normalized spacial score (nSPS) is 24.5. The number of halogens is 1. The van der Waals surface area contributed by atoms with Gasteiger partial charge in [0.25, 0.3) is 0 Å². The van der Waals surface area contributed by atoms with Crippen LogP contribution in [0.25, 0.3) is 0 Å². The maximum Gasteiger partial charge on any atom is 0.410 e. The van der Waals surface area contributed by atoms with Crippen molar-refractivity contribution in [2.24, 2.45) is 5.92 Å². The smallest absolute Gasteiger partial charge is 0.410 e. The molecule has 2 unspecified atom stereocenters. The first-order valence-electron chi connectivity index (χ1n) is 7.13. The first-order chi connectivity index (χ1) is 9.35. The van der Waals surface area contributed by atoms with E-state index in [-0.39, 0.29) is 12.1 Å². The molecule has 1 aliphatic heterocycles. The molecule has 1 amide bonds. The molecule has 1 aromatic rings. The lowest BCUT2D eigenvalue weighted by Gasteiger charge is -2.29. The Morgan fingerprint density at radius 1 is 1.40 bits per heavy atom. The Labute approximate surface area is 128 Å². The first kappa shape index (κ1) is 13.9. The Hall–Kier alpha value is -1.03. The molecule has 1 saturated heterocycles. The number of benzene rings is 1. The van der Waals surface area contributed by atoms with Gasteiger partial charge in [0.05, 0.1) is 6.04 Å². The molecule has 2 aliphatic rings. The molecule has 0 N–H and O–H groups in total. The van der Waals surface area contributed by atoms with Gasteiger partial charge in [0.15, 0.2) is 0 Å². The fourth-order valence-electron chi connectivity index (χ4n) is 3.33. The maximum absolute atomic E-state index is 12.4. The van der Waals surface area contributed by atoms with Crippen molar-refractivity contribution in [3.8, 4) is 0 Å². The summed E-state index contributed by atoms with van der Waals surface area (Å²) in [6.45, 7) is 6.54. The maximum atomic E-state index is 12.4. The zero-order chi connectivity index (χ0) is 14.5. The van der Waals surface area contributed by atoms with E-state index in [1.807, 2.05) is 25.7 Å². The van der Waals surface area contributed by atoms with Gasteiger partial charge in [-0.3, -0.25) is 0 Å². The molecule has 0 aromatic heterocycles. The van der Waals surface area contributed by atoms with E-state index in [9.17, 15) is 4.79 Å². The molecule has 0 radical (unpaired) electrons. The summed E-state index contributed by atoms with van der Waals surface area (Å²) in [6.07, 6.45) is 1.96. The summed E-state index contributed by atoms with van der Waals surface area (Å²) in [5, 5.41) is 0. The largest absolute Gasteiger partial charge is 0.444 e. The van der Waals surface area contributed by atoms with Crippen LogP contribution < -0.4 is 0 Å². The number of fused-ring (bicyclic) bond motifs is 3. The minimum absolute atomic E-state index is 0.183. The summed E-state index contributed by atoms with van der Waals surface area (Å²) in [5.41, 5.74) is 2.22. The molecule has 3 rings (SSSR count). The van der Waals surface area contributed by atoms with Crippen molar-refractivity contribution in [2.75, 3.05) is 6.54 Å². The van der Waals surface area contributed by atoms with Crippen LogP contribution in [-0.2, 0) is 11.2 Å². The van der Waals surface area contributed by atoms with Gasteiger partial charge in [-0.2, -0.15) is 0 Å². The molecule has 0 bridgehead atoms. The molecule has 0 saturated carbocycles. The summed E-state index contributed by atoms with van der Waals surface area (Å²) < 4.78 is 6.63. The molecule has 1 fully saturated rings. The number of carbonyl (C=O) groups excluding carboxylic acids is 1. The van der Waals surface area contributed by atoms with Gasteiger partial charge in [-0.05, 0) is 62.8 Å². The number of hydrogen-bond acceptors (Lipinski definition) is 2. The van der Waals surface area contributed by atoms with Gasteiger partial charge in [0, 0.05) is 11.0 Å². The Morgan fingerprint density at radius 2 is 2.15 bits per heavy atom. The van der Waals surface area contributed by atoms with Crippen molar-refractivity contribution >= 4 is 22.0 Å². The summed E-state index contributed by atoms with van der Waals surface area (Å²) in [7, 11) is 0. The van der Waals surface area contributed by atoms with Crippen molar-refractivity contribution in [2.45, 2.75) is 45.3 Å². The summed E-state index contributed by atoms with van der Waals surface area (Å²) in [6, 6.07) is 6.60. The van der Waals surface area contributed by atoms with Crippen LogP contribution in [0, 0.1) is 5.92 Å². The number of rotatable bonds is 0. The van der Waals surface area contributed by atoms with Crippen LogP contribution in [0.4, 0.5) is 4.79 Å². The molecular formula is C16H20BrNO2. The van der Waals surface area contributed by atoms with Gasteiger partial charge in [-0.25, -0.2) is 4.79 Å². The van der Waals surface area contributed by atoms with Gasteiger partial charge in [0.1, 0.15) is 5.60 Å². The number of nitrogens with zero attached hydrogens (tertiary/aromatic N) is 1. The van der Waals surface area contributed by atoms with Gasteiger partial charge < -0.3 is 9.64 Å². The van der Waals surface area contributed by atoms with Crippen molar-refractivity contribution < 1.29 is 9.53 Å². The lowest BCUT2D eigenvalue weighted by atomic mass is 10.0. The fraction of sp³-hybridized carbons (Fsp3) is 0.562. The second-order valence-electron chi connectivity index (χ2n) is 6.71.